The summed E-state index contributed by atoms with van der Waals surface area (Å²) in [5, 5.41) is 10.1. The third-order valence-electron chi connectivity index (χ3n) is 3.70. The van der Waals surface area contributed by atoms with Crippen molar-refractivity contribution in [1.29, 1.82) is 0 Å². The highest BCUT2D eigenvalue weighted by molar-refractivity contribution is 5.94. The Kier molecular flexibility index (Phi) is 4.93. The third-order valence-corrected chi connectivity index (χ3v) is 3.70. The Morgan fingerprint density at radius 1 is 1.15 bits per heavy atom. The van der Waals surface area contributed by atoms with E-state index < -0.39 is 0 Å². The van der Waals surface area contributed by atoms with Crippen molar-refractivity contribution in [3.05, 3.63) is 41.7 Å². The average Bonchev–Trinajstić information content (AvgIpc) is 3.09. The molecule has 0 spiro atoms. The van der Waals surface area contributed by atoms with Crippen LogP contribution in [0.2, 0.25) is 0 Å². The number of aryl methyl sites for hydroxylation is 1. The first-order chi connectivity index (χ1) is 12.8. The molecule has 3 aromatic rings. The van der Waals surface area contributed by atoms with Gasteiger partial charge in [-0.2, -0.15) is 0 Å². The molecule has 2 amide bonds. The van der Waals surface area contributed by atoms with Gasteiger partial charge in [0.05, 0.1) is 17.6 Å². The molecule has 140 valence electrons. The largest absolute Gasteiger partial charge is 0.401 e. The molecule has 0 aliphatic heterocycles. The fraction of sp³-hybridized carbons (Fsp3) is 0.222. The quantitative estimate of drug-likeness (QED) is 0.752. The number of carbonyl (C=O) groups is 2. The standard InChI is InChI=1S/C18H18N6O3.H2/c1-10-15(16-22-23-18(27-16)20-11(2)25)21-14(9-19-10)12-5-7-13(8-6-12)17(26)24(3)4;/h5-9H,1-4H3,(H,20,23,25);1H. The molecule has 0 aliphatic rings. The van der Waals surface area contributed by atoms with E-state index >= 15 is 0 Å². The van der Waals surface area contributed by atoms with Crippen molar-refractivity contribution in [2.24, 2.45) is 0 Å². The molecule has 2 aromatic heterocycles. The number of anilines is 1. The number of aromatic nitrogens is 4. The molecule has 27 heavy (non-hydrogen) atoms. The summed E-state index contributed by atoms with van der Waals surface area (Å²) in [6, 6.07) is 7.07. The first-order valence-corrected chi connectivity index (χ1v) is 8.12. The van der Waals surface area contributed by atoms with E-state index in [1.165, 1.54) is 11.8 Å². The van der Waals surface area contributed by atoms with Gasteiger partial charge in [-0.3, -0.25) is 19.9 Å². The molecule has 2 heterocycles. The van der Waals surface area contributed by atoms with Crippen LogP contribution in [-0.4, -0.2) is 51.0 Å². The summed E-state index contributed by atoms with van der Waals surface area (Å²) in [6.45, 7) is 3.12. The van der Waals surface area contributed by atoms with E-state index in [0.717, 1.165) is 5.56 Å². The molecule has 0 bridgehead atoms. The Morgan fingerprint density at radius 2 is 1.85 bits per heavy atom. The van der Waals surface area contributed by atoms with Gasteiger partial charge in [-0.05, 0) is 19.1 Å². The lowest BCUT2D eigenvalue weighted by Gasteiger charge is -2.10. The summed E-state index contributed by atoms with van der Waals surface area (Å²) < 4.78 is 5.42. The van der Waals surface area contributed by atoms with Crippen LogP contribution in [0.1, 0.15) is 24.4 Å². The van der Waals surface area contributed by atoms with Gasteiger partial charge in [0.25, 0.3) is 11.8 Å². The van der Waals surface area contributed by atoms with Crippen molar-refractivity contribution in [3.8, 4) is 22.8 Å². The number of rotatable bonds is 4. The molecular weight excluding hydrogens is 348 g/mol. The fourth-order valence-corrected chi connectivity index (χ4v) is 2.35. The molecular formula is C18H20N6O3. The maximum Gasteiger partial charge on any atom is 0.322 e. The van der Waals surface area contributed by atoms with E-state index in [0.29, 0.717) is 22.6 Å². The van der Waals surface area contributed by atoms with E-state index in [2.05, 4.69) is 25.5 Å². The van der Waals surface area contributed by atoms with Crippen LogP contribution < -0.4 is 5.32 Å². The second-order valence-electron chi connectivity index (χ2n) is 6.06. The zero-order valence-electron chi connectivity index (χ0n) is 15.3. The van der Waals surface area contributed by atoms with Gasteiger partial charge in [0, 0.05) is 33.6 Å². The second-order valence-corrected chi connectivity index (χ2v) is 6.06. The number of amides is 2. The lowest BCUT2D eigenvalue weighted by molar-refractivity contribution is -0.114. The third kappa shape index (κ3) is 3.97. The Bertz CT molecular complexity index is 1000. The smallest absolute Gasteiger partial charge is 0.322 e. The fourth-order valence-electron chi connectivity index (χ4n) is 2.35. The summed E-state index contributed by atoms with van der Waals surface area (Å²) in [5.41, 5.74) is 3.00. The van der Waals surface area contributed by atoms with Crippen LogP contribution in [0.25, 0.3) is 22.8 Å². The van der Waals surface area contributed by atoms with Gasteiger partial charge >= 0.3 is 6.01 Å². The molecule has 9 heteroatoms. The van der Waals surface area contributed by atoms with Crippen LogP contribution in [-0.2, 0) is 4.79 Å². The zero-order valence-corrected chi connectivity index (χ0v) is 15.3. The molecule has 0 atom stereocenters. The molecule has 0 aliphatic carbocycles. The minimum atomic E-state index is -0.311. The van der Waals surface area contributed by atoms with Gasteiger partial charge in [-0.25, -0.2) is 4.98 Å². The number of carbonyl (C=O) groups excluding carboxylic acids is 2. The van der Waals surface area contributed by atoms with E-state index in [-0.39, 0.29) is 25.1 Å². The number of benzene rings is 1. The summed E-state index contributed by atoms with van der Waals surface area (Å²) in [4.78, 5) is 33.5. The number of nitrogens with zero attached hydrogens (tertiary/aromatic N) is 5. The van der Waals surface area contributed by atoms with E-state index in [4.69, 9.17) is 4.42 Å². The van der Waals surface area contributed by atoms with Crippen molar-refractivity contribution < 1.29 is 15.4 Å². The van der Waals surface area contributed by atoms with E-state index in [1.54, 1.807) is 51.5 Å². The van der Waals surface area contributed by atoms with E-state index in [9.17, 15) is 9.59 Å². The number of nitrogens with one attached hydrogen (secondary N) is 1. The maximum absolute atomic E-state index is 12.0. The van der Waals surface area contributed by atoms with Crippen molar-refractivity contribution in [1.82, 2.24) is 25.1 Å². The van der Waals surface area contributed by atoms with Crippen LogP contribution in [0, 0.1) is 6.92 Å². The zero-order chi connectivity index (χ0) is 19.6. The summed E-state index contributed by atoms with van der Waals surface area (Å²) >= 11 is 0. The van der Waals surface area contributed by atoms with Gasteiger partial charge in [-0.15, -0.1) is 5.10 Å². The van der Waals surface area contributed by atoms with Crippen LogP contribution >= 0.6 is 0 Å². The van der Waals surface area contributed by atoms with Gasteiger partial charge < -0.3 is 9.32 Å². The van der Waals surface area contributed by atoms with Gasteiger partial charge in [0.2, 0.25) is 5.91 Å². The van der Waals surface area contributed by atoms with Crippen molar-refractivity contribution in [2.75, 3.05) is 19.4 Å². The summed E-state index contributed by atoms with van der Waals surface area (Å²) in [6.07, 6.45) is 1.63. The number of hydrogen-bond donors (Lipinski definition) is 1. The Balaban J connectivity index is 0.00000280. The normalized spacial score (nSPS) is 10.5. The lowest BCUT2D eigenvalue weighted by atomic mass is 10.1. The second kappa shape index (κ2) is 7.32. The van der Waals surface area contributed by atoms with Crippen molar-refractivity contribution in [3.63, 3.8) is 0 Å². The van der Waals surface area contributed by atoms with Gasteiger partial charge in [-0.1, -0.05) is 17.2 Å². The lowest BCUT2D eigenvalue weighted by Crippen LogP contribution is -2.21. The molecule has 1 N–H and O–H groups in total. The molecule has 0 unspecified atom stereocenters. The van der Waals surface area contributed by atoms with Gasteiger partial charge in [0.1, 0.15) is 5.69 Å². The first kappa shape index (κ1) is 18.2. The maximum atomic E-state index is 12.0. The molecule has 9 nitrogen and oxygen atoms in total. The van der Waals surface area contributed by atoms with Crippen LogP contribution in [0.15, 0.2) is 34.9 Å². The molecule has 1 aromatic carbocycles. The Morgan fingerprint density at radius 3 is 2.48 bits per heavy atom. The summed E-state index contributed by atoms with van der Waals surface area (Å²) in [5.74, 6) is -0.229. The molecule has 0 saturated heterocycles. The molecule has 0 saturated carbocycles. The average molecular weight is 368 g/mol. The van der Waals surface area contributed by atoms with Crippen molar-refractivity contribution >= 4 is 17.8 Å². The van der Waals surface area contributed by atoms with Crippen LogP contribution in [0.5, 0.6) is 0 Å². The number of hydrogen-bond acceptors (Lipinski definition) is 7. The monoisotopic (exact) mass is 368 g/mol. The Hall–Kier alpha value is -3.62. The minimum Gasteiger partial charge on any atom is -0.401 e. The Labute approximate surface area is 156 Å². The highest BCUT2D eigenvalue weighted by Crippen LogP contribution is 2.24. The molecule has 3 rings (SSSR count). The molecule has 0 radical (unpaired) electrons. The predicted octanol–water partition coefficient (Wildman–Crippen LogP) is 2.41. The highest BCUT2D eigenvalue weighted by Gasteiger charge is 2.16. The van der Waals surface area contributed by atoms with Crippen LogP contribution in [0.4, 0.5) is 6.01 Å². The highest BCUT2D eigenvalue weighted by atomic mass is 16.4. The first-order valence-electron chi connectivity index (χ1n) is 8.12. The predicted molar refractivity (Wildman–Crippen MR) is 99.9 cm³/mol. The summed E-state index contributed by atoms with van der Waals surface area (Å²) in [7, 11) is 3.40. The van der Waals surface area contributed by atoms with Gasteiger partial charge in [0.15, 0.2) is 0 Å². The molecule has 0 fully saturated rings. The SMILES string of the molecule is CC(=O)Nc1nnc(-c2nc(-c3ccc(C(=O)N(C)C)cc3)cnc2C)o1.[HH]. The van der Waals surface area contributed by atoms with E-state index in [1.807, 2.05) is 0 Å². The minimum absolute atomic E-state index is 0. The van der Waals surface area contributed by atoms with Crippen molar-refractivity contribution in [2.45, 2.75) is 13.8 Å². The topological polar surface area (TPSA) is 114 Å². The van der Waals surface area contributed by atoms with Crippen LogP contribution in [0.3, 0.4) is 0 Å².